The van der Waals surface area contributed by atoms with Crippen molar-refractivity contribution >= 4 is 11.8 Å². The van der Waals surface area contributed by atoms with Crippen LogP contribution in [0, 0.1) is 0 Å². The van der Waals surface area contributed by atoms with Gasteiger partial charge in [-0.25, -0.2) is 0 Å². The lowest BCUT2D eigenvalue weighted by molar-refractivity contribution is 0.421. The Morgan fingerprint density at radius 1 is 0.515 bits per heavy atom. The lowest BCUT2D eigenvalue weighted by atomic mass is 9.77. The van der Waals surface area contributed by atoms with Gasteiger partial charge in [-0.3, -0.25) is 0 Å². The van der Waals surface area contributed by atoms with Gasteiger partial charge in [-0.2, -0.15) is 11.8 Å². The summed E-state index contributed by atoms with van der Waals surface area (Å²) in [5, 5.41) is 22.4. The van der Waals surface area contributed by atoms with Crippen molar-refractivity contribution in [3.05, 3.63) is 57.6 Å². The molecule has 2 nitrogen and oxygen atoms in total. The van der Waals surface area contributed by atoms with E-state index in [1.807, 2.05) is 11.8 Å². The van der Waals surface area contributed by atoms with Crippen molar-refractivity contribution < 1.29 is 10.2 Å². The Hall–Kier alpha value is -1.61. The van der Waals surface area contributed by atoms with E-state index < -0.39 is 0 Å². The van der Waals surface area contributed by atoms with E-state index in [2.05, 4.69) is 107 Å². The Morgan fingerprint density at radius 3 is 1.06 bits per heavy atom. The largest absolute Gasteiger partial charge is 0.507 e. The molecule has 0 heterocycles. The summed E-state index contributed by atoms with van der Waals surface area (Å²) < 4.78 is 0. The first-order valence-corrected chi connectivity index (χ1v) is 13.2. The van der Waals surface area contributed by atoms with Crippen molar-refractivity contribution in [2.75, 3.05) is 0 Å². The predicted molar refractivity (Wildman–Crippen MR) is 146 cm³/mol. The third-order valence-electron chi connectivity index (χ3n) is 6.16. The van der Waals surface area contributed by atoms with E-state index in [0.29, 0.717) is 11.5 Å². The van der Waals surface area contributed by atoms with Crippen LogP contribution in [-0.2, 0) is 33.2 Å². The molecule has 0 atom stereocenters. The predicted octanol–water partition coefficient (Wildman–Crippen LogP) is 8.72. The van der Waals surface area contributed by atoms with Crippen LogP contribution in [0.4, 0.5) is 0 Å². The van der Waals surface area contributed by atoms with Crippen molar-refractivity contribution in [2.24, 2.45) is 0 Å². The molecular weight excluding hydrogens is 424 g/mol. The Kier molecular flexibility index (Phi) is 7.71. The zero-order chi connectivity index (χ0) is 25.6. The molecule has 0 fully saturated rings. The van der Waals surface area contributed by atoms with Crippen LogP contribution in [0.5, 0.6) is 11.5 Å². The van der Waals surface area contributed by atoms with E-state index in [0.717, 1.165) is 33.8 Å². The molecule has 0 aliphatic rings. The number of rotatable bonds is 4. The fourth-order valence-electron chi connectivity index (χ4n) is 4.66. The maximum Gasteiger partial charge on any atom is 0.123 e. The Balaban J connectivity index is 2.42. The smallest absolute Gasteiger partial charge is 0.123 e. The summed E-state index contributed by atoms with van der Waals surface area (Å²) in [5.41, 5.74) is 5.95. The van der Waals surface area contributed by atoms with Gasteiger partial charge < -0.3 is 10.2 Å². The molecule has 0 aromatic heterocycles. The molecule has 2 aromatic rings. The highest BCUT2D eigenvalue weighted by molar-refractivity contribution is 7.97. The van der Waals surface area contributed by atoms with Gasteiger partial charge in [0.15, 0.2) is 0 Å². The van der Waals surface area contributed by atoms with Crippen LogP contribution in [0.2, 0.25) is 0 Å². The number of hydrogen-bond donors (Lipinski definition) is 2. The molecule has 3 heteroatoms. The van der Waals surface area contributed by atoms with Crippen molar-refractivity contribution in [1.82, 2.24) is 0 Å². The summed E-state index contributed by atoms with van der Waals surface area (Å²) in [7, 11) is 0. The van der Waals surface area contributed by atoms with Gasteiger partial charge in [-0.15, -0.1) is 0 Å². The highest BCUT2D eigenvalue weighted by Gasteiger charge is 2.30. The van der Waals surface area contributed by atoms with Gasteiger partial charge in [0.05, 0.1) is 0 Å². The van der Waals surface area contributed by atoms with Crippen molar-refractivity contribution in [3.63, 3.8) is 0 Å². The number of benzene rings is 2. The normalized spacial score (nSPS) is 13.5. The summed E-state index contributed by atoms with van der Waals surface area (Å²) in [5.74, 6) is 2.51. The molecule has 0 bridgehead atoms. The molecule has 0 radical (unpaired) electrons. The minimum Gasteiger partial charge on any atom is -0.507 e. The topological polar surface area (TPSA) is 40.5 Å². The van der Waals surface area contributed by atoms with Crippen LogP contribution in [-0.4, -0.2) is 10.2 Å². The standard InChI is InChI=1S/C30H46O2S/c1-27(2,3)21-15-13-19(23(25(21)31)29(7,8)9)17-33-18-20-14-16-22(28(4,5)6)26(32)24(20)30(10,11)12/h13-16,31-32H,17-18H2,1-12H3. The lowest BCUT2D eigenvalue weighted by Gasteiger charge is -2.30. The van der Waals surface area contributed by atoms with Gasteiger partial charge in [0.1, 0.15) is 11.5 Å². The van der Waals surface area contributed by atoms with E-state index >= 15 is 0 Å². The molecular formula is C30H46O2S. The zero-order valence-corrected chi connectivity index (χ0v) is 23.8. The van der Waals surface area contributed by atoms with E-state index in [1.54, 1.807) is 0 Å². The van der Waals surface area contributed by atoms with E-state index in [9.17, 15) is 10.2 Å². The summed E-state index contributed by atoms with van der Waals surface area (Å²) in [6.07, 6.45) is 0. The van der Waals surface area contributed by atoms with Gasteiger partial charge in [0, 0.05) is 22.6 Å². The molecule has 0 unspecified atom stereocenters. The van der Waals surface area contributed by atoms with Gasteiger partial charge >= 0.3 is 0 Å². The van der Waals surface area contributed by atoms with Crippen LogP contribution in [0.25, 0.3) is 0 Å². The summed E-state index contributed by atoms with van der Waals surface area (Å²) in [4.78, 5) is 0. The second kappa shape index (κ2) is 9.21. The molecule has 2 aromatic carbocycles. The molecule has 0 spiro atoms. The fourth-order valence-corrected chi connectivity index (χ4v) is 5.68. The summed E-state index contributed by atoms with van der Waals surface area (Å²) >= 11 is 1.84. The quantitative estimate of drug-likeness (QED) is 0.469. The second-order valence-corrected chi connectivity index (χ2v) is 14.5. The molecule has 184 valence electrons. The van der Waals surface area contributed by atoms with Crippen LogP contribution in [0.3, 0.4) is 0 Å². The number of thioether (sulfide) groups is 1. The summed E-state index contributed by atoms with van der Waals surface area (Å²) in [6, 6.07) is 8.56. The zero-order valence-electron chi connectivity index (χ0n) is 23.0. The van der Waals surface area contributed by atoms with Crippen LogP contribution < -0.4 is 0 Å². The number of hydrogen-bond acceptors (Lipinski definition) is 3. The third-order valence-corrected chi connectivity index (χ3v) is 7.19. The van der Waals surface area contributed by atoms with Gasteiger partial charge in [-0.1, -0.05) is 107 Å². The molecule has 0 amide bonds. The molecule has 33 heavy (non-hydrogen) atoms. The lowest BCUT2D eigenvalue weighted by Crippen LogP contribution is -2.19. The third kappa shape index (κ3) is 6.29. The highest BCUT2D eigenvalue weighted by atomic mass is 32.2. The Bertz CT molecular complexity index is 909. The van der Waals surface area contributed by atoms with Crippen molar-refractivity contribution in [1.29, 1.82) is 0 Å². The SMILES string of the molecule is CC(C)(C)c1ccc(CSCc2ccc(C(C)(C)C)c(O)c2C(C)(C)C)c(C(C)(C)C)c1O. The first-order chi connectivity index (χ1) is 14.8. The van der Waals surface area contributed by atoms with Crippen molar-refractivity contribution in [2.45, 2.75) is 116 Å². The van der Waals surface area contributed by atoms with Gasteiger partial charge in [-0.05, 0) is 43.9 Å². The maximum absolute atomic E-state index is 11.2. The average Bonchev–Trinajstić information content (AvgIpc) is 2.57. The van der Waals surface area contributed by atoms with Crippen LogP contribution >= 0.6 is 11.8 Å². The van der Waals surface area contributed by atoms with E-state index in [1.165, 1.54) is 11.1 Å². The molecule has 0 aliphatic heterocycles. The molecule has 0 saturated carbocycles. The number of phenolic OH excluding ortho intramolecular Hbond substituents is 2. The minimum absolute atomic E-state index is 0.107. The molecule has 2 N–H and O–H groups in total. The van der Waals surface area contributed by atoms with Crippen LogP contribution in [0.1, 0.15) is 116 Å². The Morgan fingerprint density at radius 2 is 0.818 bits per heavy atom. The number of phenols is 2. The molecule has 0 saturated heterocycles. The minimum atomic E-state index is -0.148. The van der Waals surface area contributed by atoms with E-state index in [-0.39, 0.29) is 21.7 Å². The second-order valence-electron chi connectivity index (χ2n) is 13.5. The van der Waals surface area contributed by atoms with Gasteiger partial charge in [0.25, 0.3) is 0 Å². The van der Waals surface area contributed by atoms with Gasteiger partial charge in [0.2, 0.25) is 0 Å². The fraction of sp³-hybridized carbons (Fsp3) is 0.600. The van der Waals surface area contributed by atoms with Crippen LogP contribution in [0.15, 0.2) is 24.3 Å². The maximum atomic E-state index is 11.2. The molecule has 0 aliphatic carbocycles. The summed E-state index contributed by atoms with van der Waals surface area (Å²) in [6.45, 7) is 25.9. The first kappa shape index (κ1) is 27.6. The first-order valence-electron chi connectivity index (χ1n) is 12.1. The molecule has 2 rings (SSSR count). The monoisotopic (exact) mass is 470 g/mol. The van der Waals surface area contributed by atoms with Crippen molar-refractivity contribution in [3.8, 4) is 11.5 Å². The Labute approximate surface area is 207 Å². The average molecular weight is 471 g/mol. The number of aromatic hydroxyl groups is 2. The highest BCUT2D eigenvalue weighted by Crippen LogP contribution is 2.44. The van der Waals surface area contributed by atoms with E-state index in [4.69, 9.17) is 0 Å².